The number of carbonyl (C=O) groups is 3. The maximum absolute atomic E-state index is 13.1. The Bertz CT molecular complexity index is 1430. The lowest BCUT2D eigenvalue weighted by Gasteiger charge is -2.30. The molecule has 1 amide bonds. The van der Waals surface area contributed by atoms with Crippen molar-refractivity contribution in [2.24, 2.45) is 0 Å². The topological polar surface area (TPSA) is 165 Å². The third kappa shape index (κ3) is 11.6. The van der Waals surface area contributed by atoms with Gasteiger partial charge in [0, 0.05) is 29.3 Å². The van der Waals surface area contributed by atoms with Gasteiger partial charge in [0.2, 0.25) is 0 Å². The van der Waals surface area contributed by atoms with Crippen molar-refractivity contribution < 1.29 is 60.8 Å². The van der Waals surface area contributed by atoms with Crippen molar-refractivity contribution in [2.45, 2.75) is 43.8 Å². The van der Waals surface area contributed by atoms with Crippen LogP contribution in [0.3, 0.4) is 0 Å². The number of hydrogen-bond acceptors (Lipinski definition) is 7. The number of aromatic nitrogens is 2. The summed E-state index contributed by atoms with van der Waals surface area (Å²) in [5.74, 6) is -5.46. The minimum atomic E-state index is -5.08. The molecule has 1 aromatic heterocycles. The lowest BCUT2D eigenvalue weighted by Crippen LogP contribution is -2.38. The van der Waals surface area contributed by atoms with Crippen LogP contribution in [0.15, 0.2) is 59.3 Å². The Hall–Kier alpha value is -4.16. The smallest absolute Gasteiger partial charge is 0.488 e. The second-order valence-electron chi connectivity index (χ2n) is 9.96. The van der Waals surface area contributed by atoms with E-state index in [-0.39, 0.29) is 6.10 Å². The lowest BCUT2D eigenvalue weighted by atomic mass is 9.95. The number of carbonyl (C=O) groups excluding carboxylic acids is 1. The van der Waals surface area contributed by atoms with Crippen molar-refractivity contribution in [1.82, 2.24) is 15.1 Å². The summed E-state index contributed by atoms with van der Waals surface area (Å²) in [5, 5.41) is 34.9. The lowest BCUT2D eigenvalue weighted by molar-refractivity contribution is -0.193. The van der Waals surface area contributed by atoms with Gasteiger partial charge >= 0.3 is 24.3 Å². The zero-order valence-corrected chi connectivity index (χ0v) is 25.7. The van der Waals surface area contributed by atoms with E-state index < -0.39 is 35.8 Å². The van der Waals surface area contributed by atoms with Gasteiger partial charge < -0.3 is 30.3 Å². The van der Waals surface area contributed by atoms with Crippen LogP contribution >= 0.6 is 15.9 Å². The molecule has 11 nitrogen and oxygen atoms in total. The van der Waals surface area contributed by atoms with Gasteiger partial charge in [-0.3, -0.25) is 9.89 Å². The Kier molecular flexibility index (Phi) is 13.1. The van der Waals surface area contributed by atoms with Crippen LogP contribution in [-0.2, 0) is 20.0 Å². The molecule has 0 aliphatic carbocycles. The molecule has 1 saturated heterocycles. The van der Waals surface area contributed by atoms with Crippen LogP contribution in [0.1, 0.15) is 25.3 Å². The molecule has 18 heteroatoms. The fourth-order valence-electron chi connectivity index (χ4n) is 3.74. The zero-order chi connectivity index (χ0) is 34.9. The van der Waals surface area contributed by atoms with Gasteiger partial charge in [0.15, 0.2) is 5.60 Å². The summed E-state index contributed by atoms with van der Waals surface area (Å²) < 4.78 is 70.7. The van der Waals surface area contributed by atoms with Gasteiger partial charge in [0.05, 0.1) is 11.9 Å². The second kappa shape index (κ2) is 15.9. The first-order valence-corrected chi connectivity index (χ1v) is 13.9. The molecule has 5 N–H and O–H groups in total. The highest BCUT2D eigenvalue weighted by Gasteiger charge is 2.39. The number of nitrogens with zero attached hydrogens (tertiary/aromatic N) is 2. The highest BCUT2D eigenvalue weighted by molar-refractivity contribution is 9.10. The molecule has 0 bridgehead atoms. The van der Waals surface area contributed by atoms with E-state index in [2.05, 4.69) is 43.4 Å². The standard InChI is InChI=1S/C24H27BrN4O3.2C2HF3O2/c1-24(31,18-4-6-19(25)7-5-18)23(30)28-21-8-3-16(17-14-26-27-15-17)13-22(21)32-20-9-11-29(2)12-10-20;2*3-2(4,5)1(6)7/h3-8,13-15,20,31H,9-12H2,1-2H3,(H,26,27)(H,28,30);2*(H,6,7)/t24-;;/m0../s1. The van der Waals surface area contributed by atoms with Crippen molar-refractivity contribution in [1.29, 1.82) is 0 Å². The third-order valence-electron chi connectivity index (χ3n) is 6.35. The van der Waals surface area contributed by atoms with Crippen LogP contribution in [0.25, 0.3) is 11.1 Å². The van der Waals surface area contributed by atoms with Gasteiger partial charge in [-0.05, 0) is 62.2 Å². The molecule has 46 heavy (non-hydrogen) atoms. The van der Waals surface area contributed by atoms with E-state index in [1.807, 2.05) is 24.4 Å². The molecular formula is C28H29BrF6N4O7. The Morgan fingerprint density at radius 2 is 1.48 bits per heavy atom. The van der Waals surface area contributed by atoms with Crippen molar-refractivity contribution in [3.8, 4) is 16.9 Å². The molecule has 0 saturated carbocycles. The van der Waals surface area contributed by atoms with E-state index in [1.165, 1.54) is 6.92 Å². The number of ether oxygens (including phenoxy) is 1. The number of aliphatic carboxylic acids is 2. The molecular weight excluding hydrogens is 698 g/mol. The number of benzene rings is 2. The molecule has 0 unspecified atom stereocenters. The molecule has 0 radical (unpaired) electrons. The van der Waals surface area contributed by atoms with Gasteiger partial charge in [0.25, 0.3) is 5.91 Å². The summed E-state index contributed by atoms with van der Waals surface area (Å²) in [7, 11) is 2.10. The van der Waals surface area contributed by atoms with E-state index in [4.69, 9.17) is 24.5 Å². The van der Waals surface area contributed by atoms with E-state index in [9.17, 15) is 36.2 Å². The summed E-state index contributed by atoms with van der Waals surface area (Å²) in [5.41, 5.74) is 1.19. The molecule has 3 aromatic rings. The average Bonchev–Trinajstić information content (AvgIpc) is 3.50. The summed E-state index contributed by atoms with van der Waals surface area (Å²) in [4.78, 5) is 33.1. The number of aliphatic hydroxyl groups is 1. The van der Waals surface area contributed by atoms with Crippen LogP contribution in [-0.4, -0.2) is 86.9 Å². The van der Waals surface area contributed by atoms with Gasteiger partial charge in [-0.15, -0.1) is 0 Å². The van der Waals surface area contributed by atoms with Crippen LogP contribution in [0.5, 0.6) is 5.75 Å². The highest BCUT2D eigenvalue weighted by Crippen LogP contribution is 2.34. The number of aromatic amines is 1. The summed E-state index contributed by atoms with van der Waals surface area (Å²) in [6.45, 7) is 3.42. The number of hydrogen-bond donors (Lipinski definition) is 5. The van der Waals surface area contributed by atoms with Crippen molar-refractivity contribution >= 4 is 39.5 Å². The fourth-order valence-corrected chi connectivity index (χ4v) is 4.01. The molecule has 0 spiro atoms. The first kappa shape index (κ1) is 38.0. The summed E-state index contributed by atoms with van der Waals surface area (Å²) in [6.07, 6.45) is -4.72. The van der Waals surface area contributed by atoms with Crippen LogP contribution < -0.4 is 10.1 Å². The van der Waals surface area contributed by atoms with Crippen molar-refractivity contribution in [2.75, 3.05) is 25.5 Å². The van der Waals surface area contributed by atoms with E-state index in [0.717, 1.165) is 41.5 Å². The molecule has 2 aromatic carbocycles. The maximum Gasteiger partial charge on any atom is 0.490 e. The normalized spacial score (nSPS) is 15.3. The minimum Gasteiger partial charge on any atom is -0.488 e. The Morgan fingerprint density at radius 3 is 1.93 bits per heavy atom. The maximum atomic E-state index is 13.1. The Balaban J connectivity index is 0.000000440. The molecule has 4 rings (SSSR count). The first-order valence-electron chi connectivity index (χ1n) is 13.1. The number of nitrogens with one attached hydrogen (secondary N) is 2. The number of alkyl halides is 6. The van der Waals surface area contributed by atoms with Crippen molar-refractivity contribution in [3.05, 3.63) is 64.9 Å². The number of halogens is 7. The van der Waals surface area contributed by atoms with Crippen molar-refractivity contribution in [3.63, 3.8) is 0 Å². The quantitative estimate of drug-likeness (QED) is 0.209. The number of likely N-dealkylation sites (tertiary alicyclic amines) is 1. The molecule has 1 fully saturated rings. The second-order valence-corrected chi connectivity index (χ2v) is 10.9. The number of H-pyrrole nitrogens is 1. The van der Waals surface area contributed by atoms with Crippen LogP contribution in [0, 0.1) is 0 Å². The number of rotatable bonds is 6. The summed E-state index contributed by atoms with van der Waals surface area (Å²) >= 11 is 3.38. The predicted molar refractivity (Wildman–Crippen MR) is 155 cm³/mol. The SMILES string of the molecule is CN1CCC(Oc2cc(-c3cn[nH]c3)ccc2NC(=O)[C@@](C)(O)c2ccc(Br)cc2)CC1.O=C(O)C(F)(F)F.O=C(O)C(F)(F)F. The zero-order valence-electron chi connectivity index (χ0n) is 24.1. The van der Waals surface area contributed by atoms with Gasteiger partial charge in [0.1, 0.15) is 11.9 Å². The number of carboxylic acids is 2. The predicted octanol–water partition coefficient (Wildman–Crippen LogP) is 5.43. The van der Waals surface area contributed by atoms with Crippen LogP contribution in [0.4, 0.5) is 32.0 Å². The molecule has 1 aliphatic heterocycles. The van der Waals surface area contributed by atoms with Gasteiger partial charge in [-0.25, -0.2) is 9.59 Å². The Morgan fingerprint density at radius 1 is 0.957 bits per heavy atom. The monoisotopic (exact) mass is 726 g/mol. The average molecular weight is 727 g/mol. The van der Waals surface area contributed by atoms with E-state index in [1.54, 1.807) is 30.5 Å². The summed E-state index contributed by atoms with van der Waals surface area (Å²) in [6, 6.07) is 12.7. The van der Waals surface area contributed by atoms with Gasteiger partial charge in [-0.2, -0.15) is 31.4 Å². The fraction of sp³-hybridized carbons (Fsp3) is 0.357. The number of piperidine rings is 1. The Labute approximate surface area is 266 Å². The van der Waals surface area contributed by atoms with Crippen LogP contribution in [0.2, 0.25) is 0 Å². The number of carboxylic acid groups (broad SMARTS) is 2. The molecule has 252 valence electrons. The highest BCUT2D eigenvalue weighted by atomic mass is 79.9. The largest absolute Gasteiger partial charge is 0.490 e. The molecule has 2 heterocycles. The van der Waals surface area contributed by atoms with E-state index >= 15 is 0 Å². The first-order chi connectivity index (χ1) is 21.2. The third-order valence-corrected chi connectivity index (χ3v) is 6.88. The van der Waals surface area contributed by atoms with E-state index in [0.29, 0.717) is 17.0 Å². The number of anilines is 1. The minimum absolute atomic E-state index is 0.0634. The van der Waals surface area contributed by atoms with Gasteiger partial charge in [-0.1, -0.05) is 34.1 Å². The molecule has 1 atom stereocenters. The molecule has 1 aliphatic rings. The number of amides is 1.